The largest absolute Gasteiger partial charge is 0.444 e. The molecule has 0 aromatic carbocycles. The van der Waals surface area contributed by atoms with Crippen molar-refractivity contribution in [3.8, 4) is 23.7 Å². The number of ether oxygens (including phenoxy) is 1. The maximum Gasteiger partial charge on any atom is 0.408 e. The lowest BCUT2D eigenvalue weighted by Gasteiger charge is -2.18. The molecule has 0 aliphatic rings. The Morgan fingerprint density at radius 1 is 1.24 bits per heavy atom. The minimum Gasteiger partial charge on any atom is -0.444 e. The highest BCUT2D eigenvalue weighted by Gasteiger charge is 2.14. The van der Waals surface area contributed by atoms with Crippen molar-refractivity contribution in [2.45, 2.75) is 52.6 Å². The van der Waals surface area contributed by atoms with Gasteiger partial charge in [0.1, 0.15) is 5.60 Å². The second-order valence-corrected chi connectivity index (χ2v) is 4.56. The topological polar surface area (TPSA) is 38.3 Å². The average Bonchev–Trinajstić information content (AvgIpc) is 2.19. The molecule has 0 aliphatic carbocycles. The van der Waals surface area contributed by atoms with Crippen molar-refractivity contribution in [1.82, 2.24) is 5.32 Å². The molecule has 94 valence electrons. The number of unbranched alkanes of at least 4 members (excludes halogenated alkanes) is 2. The number of rotatable bonds is 3. The first kappa shape index (κ1) is 15.4. The van der Waals surface area contributed by atoms with Crippen molar-refractivity contribution in [3.63, 3.8) is 0 Å². The summed E-state index contributed by atoms with van der Waals surface area (Å²) >= 11 is 0. The predicted molar refractivity (Wildman–Crippen MR) is 69.3 cm³/mol. The Bertz CT molecular complexity index is 344. The fraction of sp³-hybridized carbons (Fsp3) is 0.643. The van der Waals surface area contributed by atoms with Gasteiger partial charge in [-0.2, -0.15) is 0 Å². The van der Waals surface area contributed by atoms with Gasteiger partial charge in [-0.15, -0.1) is 0 Å². The summed E-state index contributed by atoms with van der Waals surface area (Å²) < 4.78 is 5.04. The lowest BCUT2D eigenvalue weighted by atomic mass is 10.2. The van der Waals surface area contributed by atoms with E-state index in [4.69, 9.17) is 4.74 Å². The lowest BCUT2D eigenvalue weighted by Crippen LogP contribution is -2.32. The second kappa shape index (κ2) is 8.53. The van der Waals surface area contributed by atoms with Crippen LogP contribution in [-0.4, -0.2) is 18.2 Å². The maximum absolute atomic E-state index is 11.2. The molecule has 0 atom stereocenters. The summed E-state index contributed by atoms with van der Waals surface area (Å²) in [4.78, 5) is 11.2. The highest BCUT2D eigenvalue weighted by atomic mass is 16.6. The van der Waals surface area contributed by atoms with E-state index in [0.29, 0.717) is 0 Å². The van der Waals surface area contributed by atoms with Crippen molar-refractivity contribution < 1.29 is 9.53 Å². The molecule has 3 heteroatoms. The molecule has 0 fully saturated rings. The van der Waals surface area contributed by atoms with Crippen LogP contribution in [0.25, 0.3) is 0 Å². The van der Waals surface area contributed by atoms with Crippen molar-refractivity contribution in [2.75, 3.05) is 6.54 Å². The highest BCUT2D eigenvalue weighted by Crippen LogP contribution is 2.05. The zero-order valence-electron chi connectivity index (χ0n) is 11.1. The number of hydrogen-bond donors (Lipinski definition) is 1. The van der Waals surface area contributed by atoms with Crippen molar-refractivity contribution in [1.29, 1.82) is 0 Å². The number of carbonyl (C=O) groups excluding carboxylic acids is 1. The smallest absolute Gasteiger partial charge is 0.408 e. The van der Waals surface area contributed by atoms with Crippen LogP contribution in [0.15, 0.2) is 0 Å². The number of amides is 1. The molecule has 0 saturated carbocycles. The molecule has 17 heavy (non-hydrogen) atoms. The zero-order chi connectivity index (χ0) is 13.1. The van der Waals surface area contributed by atoms with Gasteiger partial charge in [-0.25, -0.2) is 4.79 Å². The Labute approximate surface area is 104 Å². The first-order valence-electron chi connectivity index (χ1n) is 5.88. The van der Waals surface area contributed by atoms with Crippen molar-refractivity contribution in [2.24, 2.45) is 0 Å². The summed E-state index contributed by atoms with van der Waals surface area (Å²) in [6.07, 6.45) is 2.67. The van der Waals surface area contributed by atoms with E-state index in [1.54, 1.807) is 0 Å². The van der Waals surface area contributed by atoms with Crippen LogP contribution in [-0.2, 0) is 4.74 Å². The van der Waals surface area contributed by atoms with Crippen LogP contribution in [0.5, 0.6) is 0 Å². The lowest BCUT2D eigenvalue weighted by molar-refractivity contribution is 0.0535. The summed E-state index contributed by atoms with van der Waals surface area (Å²) in [5.41, 5.74) is -0.475. The molecule has 0 radical (unpaired) electrons. The normalized spacial score (nSPS) is 9.41. The van der Waals surface area contributed by atoms with E-state index >= 15 is 0 Å². The second-order valence-electron chi connectivity index (χ2n) is 4.56. The zero-order valence-corrected chi connectivity index (χ0v) is 11.1. The third-order valence-corrected chi connectivity index (χ3v) is 1.61. The van der Waals surface area contributed by atoms with E-state index in [2.05, 4.69) is 35.9 Å². The first-order valence-corrected chi connectivity index (χ1v) is 5.88. The molecule has 1 amide bonds. The van der Waals surface area contributed by atoms with Crippen LogP contribution < -0.4 is 5.32 Å². The van der Waals surface area contributed by atoms with Gasteiger partial charge in [-0.3, -0.25) is 0 Å². The summed E-state index contributed by atoms with van der Waals surface area (Å²) in [5.74, 6) is 11.1. The molecule has 0 bridgehead atoms. The molecule has 0 aromatic rings. The molecule has 0 spiro atoms. The Morgan fingerprint density at radius 2 is 1.88 bits per heavy atom. The van der Waals surface area contributed by atoms with Gasteiger partial charge in [-0.1, -0.05) is 25.2 Å². The Balaban J connectivity index is 3.72. The highest BCUT2D eigenvalue weighted by molar-refractivity contribution is 5.68. The Hall–Kier alpha value is -1.61. The van der Waals surface area contributed by atoms with Crippen LogP contribution >= 0.6 is 0 Å². The summed E-state index contributed by atoms with van der Waals surface area (Å²) in [6, 6.07) is 0. The summed E-state index contributed by atoms with van der Waals surface area (Å²) in [6.45, 7) is 7.84. The van der Waals surface area contributed by atoms with E-state index < -0.39 is 11.7 Å². The van der Waals surface area contributed by atoms with Crippen molar-refractivity contribution in [3.05, 3.63) is 0 Å². The van der Waals surface area contributed by atoms with E-state index in [1.165, 1.54) is 0 Å². The molecule has 0 unspecified atom stereocenters. The number of carbonyl (C=O) groups is 1. The molecule has 3 nitrogen and oxygen atoms in total. The molecule has 0 aromatic heterocycles. The standard InChI is InChI=1S/C14H21NO2/c1-5-6-7-8-9-10-11-12-15-13(16)17-14(2,3)4/h5-7,12H2,1-4H3,(H,15,16). The SMILES string of the molecule is CCCCC#CC#CCNC(=O)OC(C)(C)C. The summed E-state index contributed by atoms with van der Waals surface area (Å²) in [7, 11) is 0. The van der Waals surface area contributed by atoms with E-state index in [0.717, 1.165) is 19.3 Å². The molecule has 1 N–H and O–H groups in total. The van der Waals surface area contributed by atoms with Gasteiger partial charge in [0.25, 0.3) is 0 Å². The number of hydrogen-bond acceptors (Lipinski definition) is 2. The van der Waals surface area contributed by atoms with Crippen LogP contribution in [0, 0.1) is 23.7 Å². The van der Waals surface area contributed by atoms with E-state index in [9.17, 15) is 4.79 Å². The van der Waals surface area contributed by atoms with Gasteiger partial charge in [0.05, 0.1) is 6.54 Å². The van der Waals surface area contributed by atoms with Gasteiger partial charge in [0.15, 0.2) is 0 Å². The monoisotopic (exact) mass is 235 g/mol. The third-order valence-electron chi connectivity index (χ3n) is 1.61. The van der Waals surface area contributed by atoms with Gasteiger partial charge in [-0.05, 0) is 39.0 Å². The third kappa shape index (κ3) is 12.3. The molecule has 0 rings (SSSR count). The van der Waals surface area contributed by atoms with Crippen LogP contribution in [0.1, 0.15) is 47.0 Å². The molecular weight excluding hydrogens is 214 g/mol. The Morgan fingerprint density at radius 3 is 2.47 bits per heavy atom. The number of nitrogens with one attached hydrogen (secondary N) is 1. The summed E-state index contributed by atoms with van der Waals surface area (Å²) in [5, 5.41) is 2.54. The van der Waals surface area contributed by atoms with Crippen LogP contribution in [0.4, 0.5) is 4.79 Å². The molecule has 0 heterocycles. The van der Waals surface area contributed by atoms with E-state index in [1.807, 2.05) is 20.8 Å². The Kier molecular flexibility index (Phi) is 7.72. The molecule has 0 aliphatic heterocycles. The first-order chi connectivity index (χ1) is 7.95. The van der Waals surface area contributed by atoms with E-state index in [-0.39, 0.29) is 6.54 Å². The quantitative estimate of drug-likeness (QED) is 0.603. The van der Waals surface area contributed by atoms with Crippen molar-refractivity contribution >= 4 is 6.09 Å². The minimum absolute atomic E-state index is 0.261. The van der Waals surface area contributed by atoms with Crippen LogP contribution in [0.3, 0.4) is 0 Å². The molecular formula is C14H21NO2. The fourth-order valence-electron chi connectivity index (χ4n) is 0.891. The predicted octanol–water partition coefficient (Wildman–Crippen LogP) is 2.71. The minimum atomic E-state index is -0.475. The molecule has 0 saturated heterocycles. The average molecular weight is 235 g/mol. The number of alkyl carbamates (subject to hydrolysis) is 1. The van der Waals surface area contributed by atoms with Gasteiger partial charge < -0.3 is 10.1 Å². The fourth-order valence-corrected chi connectivity index (χ4v) is 0.891. The van der Waals surface area contributed by atoms with Crippen LogP contribution in [0.2, 0.25) is 0 Å². The maximum atomic E-state index is 11.2. The van der Waals surface area contributed by atoms with Gasteiger partial charge in [0.2, 0.25) is 0 Å². The van der Waals surface area contributed by atoms with Gasteiger partial charge in [0, 0.05) is 6.42 Å². The van der Waals surface area contributed by atoms with Gasteiger partial charge >= 0.3 is 6.09 Å².